The number of hydrogen-bond donors (Lipinski definition) is 2. The van der Waals surface area contributed by atoms with Gasteiger partial charge in [0.25, 0.3) is 5.12 Å². The summed E-state index contributed by atoms with van der Waals surface area (Å²) in [7, 11) is 1.30. The van der Waals surface area contributed by atoms with E-state index < -0.39 is 76.1 Å². The molecular weight excluding hydrogens is 781 g/mol. The van der Waals surface area contributed by atoms with Crippen LogP contribution in [0.15, 0.2) is 54.6 Å². The van der Waals surface area contributed by atoms with Crippen LogP contribution in [0.5, 0.6) is 5.75 Å². The molecular formula is C38H36Cl2F2N4O8S. The number of anilines is 1. The molecule has 0 unspecified atom stereocenters. The first-order chi connectivity index (χ1) is 26.0. The molecule has 4 atom stereocenters. The van der Waals surface area contributed by atoms with E-state index in [1.54, 1.807) is 0 Å². The Morgan fingerprint density at radius 1 is 1.07 bits per heavy atom. The topological polar surface area (TPSA) is 164 Å². The van der Waals surface area contributed by atoms with E-state index in [-0.39, 0.29) is 63.5 Å². The van der Waals surface area contributed by atoms with Crippen molar-refractivity contribution >= 4 is 69.6 Å². The summed E-state index contributed by atoms with van der Waals surface area (Å²) < 4.78 is 47.6. The van der Waals surface area contributed by atoms with Gasteiger partial charge in [-0.1, -0.05) is 73.9 Å². The standard InChI is InChI=1S/C38H36Cl2F2N4O8S/c1-37(2,3)18-28-38(19-43,23-10-9-21(39)17-25(23)41)29(22-6-5-7-24(40)30(22)42)31(45-28)32(47)44-26-11-8-20(16-27(26)52-4)34(49)53-13-14-54-36(51)46-12-15-55-35(50)33(46)48/h5-11,16-17,28-29,31,45H,12-15,18H2,1-4H3,(H,44,47)/t28-,29-,31+,38-/m0/s1. The van der Waals surface area contributed by atoms with E-state index in [1.165, 1.54) is 55.6 Å². The van der Waals surface area contributed by atoms with Gasteiger partial charge in [0.2, 0.25) is 5.91 Å². The quantitative estimate of drug-likeness (QED) is 0.128. The number of esters is 1. The average Bonchev–Trinajstić information content (AvgIpc) is 3.45. The van der Waals surface area contributed by atoms with Crippen LogP contribution in [0.1, 0.15) is 54.6 Å². The molecule has 3 amide bonds. The molecule has 55 heavy (non-hydrogen) atoms. The number of thioether (sulfide) groups is 1. The molecule has 3 aromatic carbocycles. The summed E-state index contributed by atoms with van der Waals surface area (Å²) in [5.74, 6) is -5.27. The number of carbonyl (C=O) groups is 5. The molecule has 2 saturated heterocycles. The van der Waals surface area contributed by atoms with Gasteiger partial charge >= 0.3 is 18.0 Å². The Morgan fingerprint density at radius 2 is 1.80 bits per heavy atom. The maximum Gasteiger partial charge on any atom is 0.417 e. The molecule has 0 bridgehead atoms. The van der Waals surface area contributed by atoms with Gasteiger partial charge in [0.05, 0.1) is 35.5 Å². The first-order valence-electron chi connectivity index (χ1n) is 16.9. The largest absolute Gasteiger partial charge is 0.495 e. The molecule has 2 aliphatic rings. The molecule has 290 valence electrons. The van der Waals surface area contributed by atoms with Gasteiger partial charge in [0.15, 0.2) is 0 Å². The third-order valence-corrected chi connectivity index (χ3v) is 10.5. The maximum absolute atomic E-state index is 16.0. The highest BCUT2D eigenvalue weighted by Gasteiger charge is 2.61. The fraction of sp³-hybridized carbons (Fsp3) is 0.368. The number of rotatable bonds is 10. The van der Waals surface area contributed by atoms with Gasteiger partial charge in [0, 0.05) is 34.8 Å². The molecule has 0 spiro atoms. The van der Waals surface area contributed by atoms with Crippen molar-refractivity contribution in [2.75, 3.05) is 37.9 Å². The van der Waals surface area contributed by atoms with Crippen LogP contribution in [0.25, 0.3) is 0 Å². The van der Waals surface area contributed by atoms with E-state index in [0.29, 0.717) is 4.90 Å². The minimum absolute atomic E-state index is 0.000163. The summed E-state index contributed by atoms with van der Waals surface area (Å²) in [5.41, 5.74) is -2.36. The number of nitrogens with one attached hydrogen (secondary N) is 2. The van der Waals surface area contributed by atoms with Crippen molar-refractivity contribution < 1.29 is 47.0 Å². The zero-order chi connectivity index (χ0) is 40.2. The second-order valence-corrected chi connectivity index (χ2v) is 15.8. The monoisotopic (exact) mass is 816 g/mol. The first-order valence-corrected chi connectivity index (χ1v) is 18.6. The number of methoxy groups -OCH3 is 1. The maximum atomic E-state index is 16.0. The van der Waals surface area contributed by atoms with Gasteiger partial charge in [-0.15, -0.1) is 0 Å². The Bertz CT molecular complexity index is 2080. The van der Waals surface area contributed by atoms with Crippen molar-refractivity contribution in [3.8, 4) is 11.8 Å². The highest BCUT2D eigenvalue weighted by atomic mass is 35.5. The second kappa shape index (κ2) is 16.9. The Labute approximate surface area is 329 Å². The fourth-order valence-electron chi connectivity index (χ4n) is 6.79. The van der Waals surface area contributed by atoms with Gasteiger partial charge in [0.1, 0.15) is 36.0 Å². The van der Waals surface area contributed by atoms with Crippen LogP contribution in [-0.4, -0.2) is 78.6 Å². The predicted molar refractivity (Wildman–Crippen MR) is 200 cm³/mol. The summed E-state index contributed by atoms with van der Waals surface area (Å²) in [6, 6.07) is 12.2. The Morgan fingerprint density at radius 3 is 2.47 bits per heavy atom. The highest BCUT2D eigenvalue weighted by Crippen LogP contribution is 2.53. The van der Waals surface area contributed by atoms with Gasteiger partial charge in [-0.05, 0) is 53.8 Å². The Hall–Kier alpha value is -4.75. The van der Waals surface area contributed by atoms with Crippen LogP contribution < -0.4 is 15.4 Å². The molecule has 2 fully saturated rings. The van der Waals surface area contributed by atoms with Gasteiger partial charge in [-0.2, -0.15) is 5.26 Å². The fourth-order valence-corrected chi connectivity index (χ4v) is 7.82. The van der Waals surface area contributed by atoms with Crippen LogP contribution in [-0.2, 0) is 29.3 Å². The van der Waals surface area contributed by atoms with Crippen LogP contribution >= 0.6 is 35.0 Å². The van der Waals surface area contributed by atoms with E-state index >= 15 is 8.78 Å². The SMILES string of the molecule is COc1cc(C(=O)OCCOC(=O)N2CCSC(=O)C2=O)ccc1NC(=O)[C@@H]1N[C@@H](CC(C)(C)C)[C@](C#N)(c2ccc(Cl)cc2F)[C@H]1c1cccc(Cl)c1F. The lowest BCUT2D eigenvalue weighted by Gasteiger charge is -2.37. The zero-order valence-electron chi connectivity index (χ0n) is 30.0. The first kappa shape index (κ1) is 41.4. The minimum Gasteiger partial charge on any atom is -0.495 e. The van der Waals surface area contributed by atoms with E-state index in [9.17, 15) is 29.2 Å². The van der Waals surface area contributed by atoms with Gasteiger partial charge in [-0.3, -0.25) is 14.4 Å². The molecule has 3 aromatic rings. The molecule has 2 aliphatic heterocycles. The number of nitriles is 1. The number of amides is 3. The third-order valence-electron chi connectivity index (χ3n) is 9.16. The van der Waals surface area contributed by atoms with Crippen molar-refractivity contribution in [2.45, 2.75) is 50.6 Å². The Kier molecular flexibility index (Phi) is 12.8. The summed E-state index contributed by atoms with van der Waals surface area (Å²) in [6.45, 7) is 4.98. The van der Waals surface area contributed by atoms with Crippen molar-refractivity contribution in [1.82, 2.24) is 10.2 Å². The number of carbonyl (C=O) groups excluding carboxylic acids is 5. The summed E-state index contributed by atoms with van der Waals surface area (Å²) >= 11 is 13.1. The molecule has 2 N–H and O–H groups in total. The molecule has 2 heterocycles. The van der Waals surface area contributed by atoms with Crippen LogP contribution in [0.3, 0.4) is 0 Å². The van der Waals surface area contributed by atoms with Crippen molar-refractivity contribution in [2.24, 2.45) is 5.41 Å². The Balaban J connectivity index is 1.41. The lowest BCUT2D eigenvalue weighted by atomic mass is 9.62. The normalized spacial score (nSPS) is 21.1. The highest BCUT2D eigenvalue weighted by molar-refractivity contribution is 8.15. The van der Waals surface area contributed by atoms with Gasteiger partial charge in [-0.25, -0.2) is 23.3 Å². The number of ether oxygens (including phenoxy) is 3. The molecule has 0 aromatic heterocycles. The van der Waals surface area contributed by atoms with Crippen molar-refractivity contribution in [3.05, 3.63) is 93.0 Å². The number of benzene rings is 3. The predicted octanol–water partition coefficient (Wildman–Crippen LogP) is 6.64. The molecule has 0 saturated carbocycles. The lowest BCUT2D eigenvalue weighted by Crippen LogP contribution is -2.45. The molecule has 17 heteroatoms. The molecule has 5 rings (SSSR count). The van der Waals surface area contributed by atoms with Crippen molar-refractivity contribution in [3.63, 3.8) is 0 Å². The van der Waals surface area contributed by atoms with E-state index in [4.69, 9.17) is 37.4 Å². The number of nitrogens with zero attached hydrogens (tertiary/aromatic N) is 2. The summed E-state index contributed by atoms with van der Waals surface area (Å²) in [5, 5.41) is 16.1. The summed E-state index contributed by atoms with van der Waals surface area (Å²) in [4.78, 5) is 63.5. The third kappa shape index (κ3) is 8.73. The van der Waals surface area contributed by atoms with E-state index in [0.717, 1.165) is 17.8 Å². The number of imide groups is 1. The lowest BCUT2D eigenvalue weighted by molar-refractivity contribution is -0.139. The molecule has 0 aliphatic carbocycles. The van der Waals surface area contributed by atoms with Crippen LogP contribution in [0.4, 0.5) is 19.3 Å². The van der Waals surface area contributed by atoms with E-state index in [2.05, 4.69) is 16.7 Å². The summed E-state index contributed by atoms with van der Waals surface area (Å²) in [6.07, 6.45) is -0.775. The van der Waals surface area contributed by atoms with Crippen LogP contribution in [0, 0.1) is 28.4 Å². The number of halogens is 4. The van der Waals surface area contributed by atoms with Crippen molar-refractivity contribution in [1.29, 1.82) is 5.26 Å². The molecule has 12 nitrogen and oxygen atoms in total. The van der Waals surface area contributed by atoms with Crippen LogP contribution in [0.2, 0.25) is 10.0 Å². The molecule has 0 radical (unpaired) electrons. The second-order valence-electron chi connectivity index (χ2n) is 13.9. The zero-order valence-corrected chi connectivity index (χ0v) is 32.4. The van der Waals surface area contributed by atoms with Gasteiger partial charge < -0.3 is 24.8 Å². The number of hydrogen-bond acceptors (Lipinski definition) is 11. The smallest absolute Gasteiger partial charge is 0.417 e. The van der Waals surface area contributed by atoms with E-state index in [1.807, 2.05) is 20.8 Å². The average molecular weight is 818 g/mol. The minimum atomic E-state index is -1.85.